The van der Waals surface area contributed by atoms with Gasteiger partial charge >= 0.3 is 0 Å². The van der Waals surface area contributed by atoms with Gasteiger partial charge in [0.2, 0.25) is 0 Å². The predicted octanol–water partition coefficient (Wildman–Crippen LogP) is 5.22. The fourth-order valence-electron chi connectivity index (χ4n) is 1.74. The minimum Gasteiger partial charge on any atom is -0.491 e. The Kier molecular flexibility index (Phi) is 5.28. The molecule has 4 heteroatoms. The monoisotopic (exact) mass is 339 g/mol. The van der Waals surface area contributed by atoms with Crippen LogP contribution in [-0.4, -0.2) is 6.61 Å². The molecule has 2 nitrogen and oxygen atoms in total. The molecule has 0 fully saturated rings. The topological polar surface area (TPSA) is 21.3 Å². The number of aryl methyl sites for hydroxylation is 1. The summed E-state index contributed by atoms with van der Waals surface area (Å²) in [5, 5.41) is 5.59. The number of anilines is 1. The van der Waals surface area contributed by atoms with Crippen LogP contribution in [0.15, 0.2) is 33.4 Å². The molecule has 0 amide bonds. The van der Waals surface area contributed by atoms with E-state index in [-0.39, 0.29) is 0 Å². The molecule has 1 aromatic carbocycles. The van der Waals surface area contributed by atoms with Crippen LogP contribution in [0.3, 0.4) is 0 Å². The van der Waals surface area contributed by atoms with Gasteiger partial charge in [0.25, 0.3) is 0 Å². The molecule has 102 valence electrons. The summed E-state index contributed by atoms with van der Waals surface area (Å²) in [7, 11) is 0. The van der Waals surface area contributed by atoms with Crippen molar-refractivity contribution in [3.05, 3.63) is 44.6 Å². The SMILES string of the molecule is CCCOc1cc(C)ccc1NCc1csc(Br)c1. The highest BCUT2D eigenvalue weighted by Gasteiger charge is 2.04. The number of nitrogens with one attached hydrogen (secondary N) is 1. The highest BCUT2D eigenvalue weighted by Crippen LogP contribution is 2.27. The minimum atomic E-state index is 0.752. The van der Waals surface area contributed by atoms with Crippen LogP contribution in [-0.2, 0) is 6.54 Å². The Balaban J connectivity index is 2.05. The first kappa shape index (κ1) is 14.4. The van der Waals surface area contributed by atoms with Crippen molar-refractivity contribution in [2.75, 3.05) is 11.9 Å². The van der Waals surface area contributed by atoms with E-state index in [0.717, 1.165) is 34.8 Å². The largest absolute Gasteiger partial charge is 0.491 e. The van der Waals surface area contributed by atoms with Gasteiger partial charge in [0.1, 0.15) is 5.75 Å². The van der Waals surface area contributed by atoms with Gasteiger partial charge in [0.05, 0.1) is 16.1 Å². The van der Waals surface area contributed by atoms with Crippen LogP contribution >= 0.6 is 27.3 Å². The number of ether oxygens (including phenoxy) is 1. The van der Waals surface area contributed by atoms with E-state index in [1.807, 2.05) is 0 Å². The molecule has 0 saturated heterocycles. The zero-order valence-corrected chi connectivity index (χ0v) is 13.6. The Labute approximate surface area is 126 Å². The van der Waals surface area contributed by atoms with Crippen LogP contribution < -0.4 is 10.1 Å². The van der Waals surface area contributed by atoms with E-state index in [0.29, 0.717) is 0 Å². The number of rotatable bonds is 6. The van der Waals surface area contributed by atoms with Gasteiger partial charge in [-0.15, -0.1) is 11.3 Å². The maximum absolute atomic E-state index is 5.79. The standard InChI is InChI=1S/C15H18BrNOS/c1-3-6-18-14-7-11(2)4-5-13(14)17-9-12-8-15(16)19-10-12/h4-5,7-8,10,17H,3,6,9H2,1-2H3. The Hall–Kier alpha value is -1.00. The zero-order valence-electron chi connectivity index (χ0n) is 11.2. The Morgan fingerprint density at radius 1 is 1.32 bits per heavy atom. The molecule has 2 aromatic rings. The first-order valence-electron chi connectivity index (χ1n) is 6.39. The van der Waals surface area contributed by atoms with Crippen molar-refractivity contribution in [3.63, 3.8) is 0 Å². The third kappa shape index (κ3) is 4.25. The third-order valence-electron chi connectivity index (χ3n) is 2.70. The van der Waals surface area contributed by atoms with Gasteiger partial charge in [-0.05, 0) is 64.0 Å². The van der Waals surface area contributed by atoms with Crippen LogP contribution in [0.1, 0.15) is 24.5 Å². The molecule has 1 N–H and O–H groups in total. The van der Waals surface area contributed by atoms with Gasteiger partial charge < -0.3 is 10.1 Å². The number of halogens is 1. The van der Waals surface area contributed by atoms with Gasteiger partial charge in [0, 0.05) is 6.54 Å². The molecule has 0 aliphatic heterocycles. The van der Waals surface area contributed by atoms with E-state index in [4.69, 9.17) is 4.74 Å². The molecule has 0 atom stereocenters. The first-order chi connectivity index (χ1) is 9.19. The quantitative estimate of drug-likeness (QED) is 0.778. The summed E-state index contributed by atoms with van der Waals surface area (Å²) in [6, 6.07) is 8.41. The normalized spacial score (nSPS) is 10.5. The van der Waals surface area contributed by atoms with Crippen LogP contribution in [0.5, 0.6) is 5.75 Å². The summed E-state index contributed by atoms with van der Waals surface area (Å²) in [6.07, 6.45) is 1.02. The third-order valence-corrected chi connectivity index (χ3v) is 4.26. The zero-order chi connectivity index (χ0) is 13.7. The van der Waals surface area contributed by atoms with Crippen LogP contribution in [0.4, 0.5) is 5.69 Å². The maximum Gasteiger partial charge on any atom is 0.142 e. The Morgan fingerprint density at radius 2 is 2.16 bits per heavy atom. The molecule has 1 heterocycles. The van der Waals surface area contributed by atoms with Crippen molar-refractivity contribution < 1.29 is 4.74 Å². The second-order valence-corrected chi connectivity index (χ2v) is 6.75. The highest BCUT2D eigenvalue weighted by atomic mass is 79.9. The molecule has 0 unspecified atom stereocenters. The molecule has 0 bridgehead atoms. The lowest BCUT2D eigenvalue weighted by atomic mass is 10.2. The van der Waals surface area contributed by atoms with Gasteiger partial charge in [-0.3, -0.25) is 0 Å². The van der Waals surface area contributed by atoms with E-state index < -0.39 is 0 Å². The molecular formula is C15H18BrNOS. The van der Waals surface area contributed by atoms with Crippen LogP contribution in [0.2, 0.25) is 0 Å². The molecule has 0 radical (unpaired) electrons. The summed E-state index contributed by atoms with van der Waals surface area (Å²) < 4.78 is 6.95. The molecule has 0 saturated carbocycles. The van der Waals surface area contributed by atoms with Crippen LogP contribution in [0.25, 0.3) is 0 Å². The summed E-state index contributed by atoms with van der Waals surface area (Å²) >= 11 is 5.19. The van der Waals surface area contributed by atoms with E-state index in [9.17, 15) is 0 Å². The Bertz CT molecular complexity index is 539. The van der Waals surface area contributed by atoms with E-state index in [1.54, 1.807) is 11.3 Å². The second-order valence-electron chi connectivity index (χ2n) is 4.46. The number of hydrogen-bond acceptors (Lipinski definition) is 3. The van der Waals surface area contributed by atoms with E-state index in [1.165, 1.54) is 11.1 Å². The number of hydrogen-bond donors (Lipinski definition) is 1. The molecular weight excluding hydrogens is 322 g/mol. The molecule has 0 aliphatic rings. The van der Waals surface area contributed by atoms with Gasteiger partial charge in [-0.1, -0.05) is 13.0 Å². The van der Waals surface area contributed by atoms with Crippen molar-refractivity contribution in [3.8, 4) is 5.75 Å². The van der Waals surface area contributed by atoms with E-state index in [2.05, 4.69) is 64.7 Å². The van der Waals surface area contributed by atoms with Crippen molar-refractivity contribution in [1.29, 1.82) is 0 Å². The van der Waals surface area contributed by atoms with Crippen molar-refractivity contribution >= 4 is 33.0 Å². The molecule has 1 aromatic heterocycles. The average Bonchev–Trinajstić information content (AvgIpc) is 2.81. The summed E-state index contributed by atoms with van der Waals surface area (Å²) in [4.78, 5) is 0. The lowest BCUT2D eigenvalue weighted by Gasteiger charge is -2.13. The summed E-state index contributed by atoms with van der Waals surface area (Å²) in [5.74, 6) is 0.941. The highest BCUT2D eigenvalue weighted by molar-refractivity contribution is 9.11. The number of thiophene rings is 1. The Morgan fingerprint density at radius 3 is 2.84 bits per heavy atom. The van der Waals surface area contributed by atoms with Crippen molar-refractivity contribution in [1.82, 2.24) is 0 Å². The van der Waals surface area contributed by atoms with E-state index >= 15 is 0 Å². The smallest absolute Gasteiger partial charge is 0.142 e. The van der Waals surface area contributed by atoms with Gasteiger partial charge in [-0.2, -0.15) is 0 Å². The number of benzene rings is 1. The van der Waals surface area contributed by atoms with Gasteiger partial charge in [0.15, 0.2) is 0 Å². The van der Waals surface area contributed by atoms with Crippen LogP contribution in [0, 0.1) is 6.92 Å². The van der Waals surface area contributed by atoms with Crippen molar-refractivity contribution in [2.24, 2.45) is 0 Å². The first-order valence-corrected chi connectivity index (χ1v) is 8.06. The second kappa shape index (κ2) is 6.96. The fourth-order valence-corrected chi connectivity index (χ4v) is 2.95. The minimum absolute atomic E-state index is 0.752. The lowest BCUT2D eigenvalue weighted by Crippen LogP contribution is -2.03. The maximum atomic E-state index is 5.79. The fraction of sp³-hybridized carbons (Fsp3) is 0.333. The molecule has 0 spiro atoms. The summed E-state index contributed by atoms with van der Waals surface area (Å²) in [5.41, 5.74) is 3.55. The van der Waals surface area contributed by atoms with Crippen molar-refractivity contribution in [2.45, 2.75) is 26.8 Å². The molecule has 2 rings (SSSR count). The summed E-state index contributed by atoms with van der Waals surface area (Å²) in [6.45, 7) is 5.76. The average molecular weight is 340 g/mol. The lowest BCUT2D eigenvalue weighted by molar-refractivity contribution is 0.318. The molecule has 0 aliphatic carbocycles. The predicted molar refractivity (Wildman–Crippen MR) is 86.3 cm³/mol. The van der Waals surface area contributed by atoms with Gasteiger partial charge in [-0.25, -0.2) is 0 Å². The molecule has 19 heavy (non-hydrogen) atoms.